The quantitative estimate of drug-likeness (QED) is 0.744. The molecule has 0 heterocycles. The Kier molecular flexibility index (Phi) is 4.79. The van der Waals surface area contributed by atoms with Crippen molar-refractivity contribution in [2.75, 3.05) is 5.32 Å². The third kappa shape index (κ3) is 3.53. The molecule has 1 atom stereocenters. The third-order valence-corrected chi connectivity index (χ3v) is 2.41. The van der Waals surface area contributed by atoms with E-state index in [0.29, 0.717) is 6.42 Å². The molecule has 0 aliphatic rings. The van der Waals surface area contributed by atoms with Crippen molar-refractivity contribution < 1.29 is 19.1 Å². The summed E-state index contributed by atoms with van der Waals surface area (Å²) in [7, 11) is 0. The molecule has 1 unspecified atom stereocenters. The molecule has 4 N–H and O–H groups in total. The molecule has 1 aromatic carbocycles. The van der Waals surface area contributed by atoms with Gasteiger partial charge in [-0.25, -0.2) is 9.18 Å². The molecule has 0 fully saturated rings. The number of carboxylic acids is 1. The van der Waals surface area contributed by atoms with Gasteiger partial charge in [0, 0.05) is 0 Å². The Morgan fingerprint density at radius 1 is 1.50 bits per heavy atom. The number of anilines is 1. The molecule has 98 valence electrons. The topological polar surface area (TPSA) is 92.4 Å². The van der Waals surface area contributed by atoms with Crippen LogP contribution in [0, 0.1) is 5.82 Å². The molecule has 0 bridgehead atoms. The molecule has 0 aliphatic heterocycles. The SMILES string of the molecule is CCCC(N)C(=O)Nc1ccc(F)cc1C(=O)O. The average molecular weight is 254 g/mol. The summed E-state index contributed by atoms with van der Waals surface area (Å²) in [5, 5.41) is 11.3. The first-order valence-electron chi connectivity index (χ1n) is 5.55. The number of nitrogens with two attached hydrogens (primary N) is 1. The van der Waals surface area contributed by atoms with Crippen LogP contribution in [0.3, 0.4) is 0 Å². The highest BCUT2D eigenvalue weighted by atomic mass is 19.1. The number of benzene rings is 1. The molecule has 0 radical (unpaired) electrons. The minimum absolute atomic E-state index is 0.0421. The van der Waals surface area contributed by atoms with Crippen molar-refractivity contribution in [3.8, 4) is 0 Å². The molecule has 1 aromatic rings. The number of carboxylic acid groups (broad SMARTS) is 1. The summed E-state index contributed by atoms with van der Waals surface area (Å²) in [6.07, 6.45) is 1.24. The van der Waals surface area contributed by atoms with E-state index in [9.17, 15) is 14.0 Å². The summed E-state index contributed by atoms with van der Waals surface area (Å²) in [5.41, 5.74) is 5.34. The van der Waals surface area contributed by atoms with Crippen molar-refractivity contribution in [1.82, 2.24) is 0 Å². The molecule has 6 heteroatoms. The van der Waals surface area contributed by atoms with E-state index in [1.54, 1.807) is 0 Å². The summed E-state index contributed by atoms with van der Waals surface area (Å²) >= 11 is 0. The van der Waals surface area contributed by atoms with Crippen LogP contribution in [0.15, 0.2) is 18.2 Å². The minimum atomic E-state index is -1.31. The summed E-state index contributed by atoms with van der Waals surface area (Å²) in [6, 6.07) is 2.42. The number of rotatable bonds is 5. The van der Waals surface area contributed by atoms with Crippen molar-refractivity contribution in [2.24, 2.45) is 5.73 Å². The average Bonchev–Trinajstić information content (AvgIpc) is 2.31. The molecule has 0 saturated carbocycles. The Morgan fingerprint density at radius 2 is 2.17 bits per heavy atom. The molecule has 1 amide bonds. The summed E-state index contributed by atoms with van der Waals surface area (Å²) in [4.78, 5) is 22.5. The van der Waals surface area contributed by atoms with Crippen LogP contribution in [0.1, 0.15) is 30.1 Å². The van der Waals surface area contributed by atoms with Crippen LogP contribution in [-0.2, 0) is 4.79 Å². The number of carbonyl (C=O) groups is 2. The standard InChI is InChI=1S/C12H15FN2O3/c1-2-3-9(14)11(16)15-10-5-4-7(13)6-8(10)12(17)18/h4-6,9H,2-3,14H2,1H3,(H,15,16)(H,17,18). The van der Waals surface area contributed by atoms with E-state index < -0.39 is 23.7 Å². The lowest BCUT2D eigenvalue weighted by atomic mass is 10.1. The first kappa shape index (κ1) is 14.1. The van der Waals surface area contributed by atoms with Gasteiger partial charge in [-0.05, 0) is 24.6 Å². The van der Waals surface area contributed by atoms with Crippen molar-refractivity contribution in [3.05, 3.63) is 29.6 Å². The van der Waals surface area contributed by atoms with Gasteiger partial charge >= 0.3 is 5.97 Å². The molecule has 18 heavy (non-hydrogen) atoms. The normalized spacial score (nSPS) is 11.9. The molecule has 0 aliphatic carbocycles. The molecule has 0 spiro atoms. The molecular weight excluding hydrogens is 239 g/mol. The fraction of sp³-hybridized carbons (Fsp3) is 0.333. The van der Waals surface area contributed by atoms with Gasteiger partial charge in [0.25, 0.3) is 0 Å². The molecule has 1 rings (SSSR count). The smallest absolute Gasteiger partial charge is 0.337 e. The van der Waals surface area contributed by atoms with Gasteiger partial charge in [0.2, 0.25) is 5.91 Å². The first-order chi connectivity index (χ1) is 8.45. The number of aromatic carboxylic acids is 1. The molecule has 0 aromatic heterocycles. The monoisotopic (exact) mass is 254 g/mol. The van der Waals surface area contributed by atoms with Gasteiger partial charge < -0.3 is 16.2 Å². The van der Waals surface area contributed by atoms with Crippen LogP contribution in [-0.4, -0.2) is 23.0 Å². The van der Waals surface area contributed by atoms with E-state index >= 15 is 0 Å². The van der Waals surface area contributed by atoms with Gasteiger partial charge in [0.15, 0.2) is 0 Å². The first-order valence-corrected chi connectivity index (χ1v) is 5.55. The van der Waals surface area contributed by atoms with Gasteiger partial charge in [-0.3, -0.25) is 4.79 Å². The van der Waals surface area contributed by atoms with Crippen LogP contribution in [0.25, 0.3) is 0 Å². The van der Waals surface area contributed by atoms with Crippen LogP contribution < -0.4 is 11.1 Å². The fourth-order valence-electron chi connectivity index (χ4n) is 1.47. The second-order valence-corrected chi connectivity index (χ2v) is 3.88. The predicted molar refractivity (Wildman–Crippen MR) is 64.9 cm³/mol. The van der Waals surface area contributed by atoms with E-state index in [2.05, 4.69) is 5.32 Å². The largest absolute Gasteiger partial charge is 0.478 e. The highest BCUT2D eigenvalue weighted by Crippen LogP contribution is 2.17. The summed E-state index contributed by atoms with van der Waals surface area (Å²) < 4.78 is 12.9. The van der Waals surface area contributed by atoms with Crippen LogP contribution in [0.5, 0.6) is 0 Å². The van der Waals surface area contributed by atoms with Gasteiger partial charge in [-0.2, -0.15) is 0 Å². The maximum atomic E-state index is 12.9. The third-order valence-electron chi connectivity index (χ3n) is 2.41. The number of nitrogens with one attached hydrogen (secondary N) is 1. The Bertz CT molecular complexity index is 463. The molecular formula is C12H15FN2O3. The van der Waals surface area contributed by atoms with E-state index in [4.69, 9.17) is 10.8 Å². The van der Waals surface area contributed by atoms with E-state index in [1.165, 1.54) is 6.07 Å². The number of carbonyl (C=O) groups excluding carboxylic acids is 1. The lowest BCUT2D eigenvalue weighted by Gasteiger charge is -2.12. The van der Waals surface area contributed by atoms with Gasteiger partial charge in [-0.1, -0.05) is 13.3 Å². The molecule has 5 nitrogen and oxygen atoms in total. The number of halogens is 1. The van der Waals surface area contributed by atoms with Crippen molar-refractivity contribution >= 4 is 17.6 Å². The lowest BCUT2D eigenvalue weighted by Crippen LogP contribution is -2.35. The molecule has 0 saturated heterocycles. The maximum absolute atomic E-state index is 12.9. The Morgan fingerprint density at radius 3 is 2.72 bits per heavy atom. The Hall–Kier alpha value is -1.95. The van der Waals surface area contributed by atoms with Crippen molar-refractivity contribution in [3.63, 3.8) is 0 Å². The highest BCUT2D eigenvalue weighted by molar-refractivity contribution is 6.02. The van der Waals surface area contributed by atoms with E-state index in [0.717, 1.165) is 18.6 Å². The zero-order valence-corrected chi connectivity index (χ0v) is 9.94. The zero-order chi connectivity index (χ0) is 13.7. The lowest BCUT2D eigenvalue weighted by molar-refractivity contribution is -0.117. The Labute approximate surface area is 104 Å². The van der Waals surface area contributed by atoms with Crippen molar-refractivity contribution in [2.45, 2.75) is 25.8 Å². The van der Waals surface area contributed by atoms with E-state index in [-0.39, 0.29) is 11.3 Å². The maximum Gasteiger partial charge on any atom is 0.337 e. The Balaban J connectivity index is 2.90. The summed E-state index contributed by atoms with van der Waals surface area (Å²) in [6.45, 7) is 1.88. The zero-order valence-electron chi connectivity index (χ0n) is 9.94. The fourth-order valence-corrected chi connectivity index (χ4v) is 1.47. The van der Waals surface area contributed by atoms with Crippen LogP contribution >= 0.6 is 0 Å². The summed E-state index contributed by atoms with van der Waals surface area (Å²) in [5.74, 6) is -2.47. The van der Waals surface area contributed by atoms with Crippen LogP contribution in [0.2, 0.25) is 0 Å². The second-order valence-electron chi connectivity index (χ2n) is 3.88. The van der Waals surface area contributed by atoms with Gasteiger partial charge in [0.05, 0.1) is 17.3 Å². The number of hydrogen-bond acceptors (Lipinski definition) is 3. The van der Waals surface area contributed by atoms with Gasteiger partial charge in [-0.15, -0.1) is 0 Å². The van der Waals surface area contributed by atoms with Gasteiger partial charge in [0.1, 0.15) is 5.82 Å². The van der Waals surface area contributed by atoms with Crippen molar-refractivity contribution in [1.29, 1.82) is 0 Å². The van der Waals surface area contributed by atoms with E-state index in [1.807, 2.05) is 6.92 Å². The minimum Gasteiger partial charge on any atom is -0.478 e. The predicted octanol–water partition coefficient (Wildman–Crippen LogP) is 1.59. The number of hydrogen-bond donors (Lipinski definition) is 3. The number of amides is 1. The highest BCUT2D eigenvalue weighted by Gasteiger charge is 2.17. The van der Waals surface area contributed by atoms with Crippen LogP contribution in [0.4, 0.5) is 10.1 Å². The second kappa shape index (κ2) is 6.11.